The average Bonchev–Trinajstić information content (AvgIpc) is 2.76. The lowest BCUT2D eigenvalue weighted by molar-refractivity contribution is -0.172. The Kier molecular flexibility index (Phi) is 4.31. The van der Waals surface area contributed by atoms with Crippen LogP contribution in [0.4, 0.5) is 5.69 Å². The quantitative estimate of drug-likeness (QED) is 0.277. The van der Waals surface area contributed by atoms with Crippen LogP contribution in [0.2, 0.25) is 0 Å². The Morgan fingerprint density at radius 1 is 1.35 bits per heavy atom. The van der Waals surface area contributed by atoms with Crippen LogP contribution in [0.5, 0.6) is 0 Å². The Labute approximate surface area is 128 Å². The van der Waals surface area contributed by atoms with Gasteiger partial charge in [0.25, 0.3) is 21.9 Å². The molecule has 1 N–H and O–H groups in total. The molecule has 0 saturated carbocycles. The van der Waals surface area contributed by atoms with Crippen LogP contribution in [-0.4, -0.2) is 41.1 Å². The second-order valence-electron chi connectivity index (χ2n) is 4.35. The fourth-order valence-corrected chi connectivity index (χ4v) is 2.47. The Hall–Kier alpha value is -2.95. The van der Waals surface area contributed by atoms with E-state index in [0.29, 0.717) is 0 Å². The van der Waals surface area contributed by atoms with Crippen molar-refractivity contribution in [3.63, 3.8) is 0 Å². The highest BCUT2D eigenvalue weighted by molar-refractivity contribution is 7.87. The predicted octanol–water partition coefficient (Wildman–Crippen LogP) is 0.716. The number of imide groups is 1. The summed E-state index contributed by atoms with van der Waals surface area (Å²) in [7, 11) is -4.78. The second-order valence-corrected chi connectivity index (χ2v) is 5.95. The molecule has 1 aromatic rings. The number of benzene rings is 1. The molecule has 0 spiro atoms. The molecule has 2 rings (SSSR count). The summed E-state index contributed by atoms with van der Waals surface area (Å²) in [6.45, 7) is 0. The summed E-state index contributed by atoms with van der Waals surface area (Å²) in [5, 5.41) is 1.30. The third kappa shape index (κ3) is 3.45. The first-order valence-corrected chi connectivity index (χ1v) is 7.45. The van der Waals surface area contributed by atoms with Crippen LogP contribution in [0.3, 0.4) is 0 Å². The van der Waals surface area contributed by atoms with Crippen molar-refractivity contribution in [1.29, 1.82) is 0 Å². The van der Waals surface area contributed by atoms with E-state index in [1.165, 1.54) is 24.3 Å². The van der Waals surface area contributed by atoms with Crippen LogP contribution in [0, 0.1) is 0 Å². The van der Waals surface area contributed by atoms with Crippen molar-refractivity contribution in [3.8, 4) is 0 Å². The van der Waals surface area contributed by atoms with Crippen molar-refractivity contribution in [2.24, 2.45) is 5.11 Å². The highest BCUT2D eigenvalue weighted by atomic mass is 32.2. The van der Waals surface area contributed by atoms with Gasteiger partial charge in [0.15, 0.2) is 5.25 Å². The van der Waals surface area contributed by atoms with Gasteiger partial charge < -0.3 is 4.84 Å². The monoisotopic (exact) mass is 340 g/mol. The predicted molar refractivity (Wildman–Crippen MR) is 72.5 cm³/mol. The van der Waals surface area contributed by atoms with Gasteiger partial charge in [-0.3, -0.25) is 14.1 Å². The highest BCUT2D eigenvalue weighted by Gasteiger charge is 2.48. The molecule has 1 atom stereocenters. The van der Waals surface area contributed by atoms with Gasteiger partial charge >= 0.3 is 5.97 Å². The molecular formula is C11H8N4O7S. The molecule has 0 bridgehead atoms. The zero-order valence-corrected chi connectivity index (χ0v) is 12.0. The minimum atomic E-state index is -4.78. The summed E-state index contributed by atoms with van der Waals surface area (Å²) in [4.78, 5) is 42.2. The Balaban J connectivity index is 2.15. The Bertz CT molecular complexity index is 826. The summed E-state index contributed by atoms with van der Waals surface area (Å²) in [6.07, 6.45) is -0.819. The van der Waals surface area contributed by atoms with Crippen LogP contribution < -0.4 is 0 Å². The molecule has 1 fully saturated rings. The first-order valence-electron chi connectivity index (χ1n) is 5.94. The minimum Gasteiger partial charge on any atom is -0.325 e. The number of carbonyl (C=O) groups excluding carboxylic acids is 3. The van der Waals surface area contributed by atoms with Crippen molar-refractivity contribution in [2.45, 2.75) is 11.7 Å². The summed E-state index contributed by atoms with van der Waals surface area (Å²) < 4.78 is 30.8. The molecule has 0 aliphatic carbocycles. The van der Waals surface area contributed by atoms with Crippen LogP contribution >= 0.6 is 0 Å². The van der Waals surface area contributed by atoms with Crippen LogP contribution in [0.25, 0.3) is 10.4 Å². The molecule has 23 heavy (non-hydrogen) atoms. The summed E-state index contributed by atoms with van der Waals surface area (Å²) >= 11 is 0. The first-order chi connectivity index (χ1) is 10.7. The van der Waals surface area contributed by atoms with E-state index in [1.54, 1.807) is 0 Å². The van der Waals surface area contributed by atoms with Gasteiger partial charge in [-0.25, -0.2) is 4.79 Å². The van der Waals surface area contributed by atoms with Gasteiger partial charge in [-0.05, 0) is 17.7 Å². The van der Waals surface area contributed by atoms with E-state index in [0.717, 1.165) is 0 Å². The summed E-state index contributed by atoms with van der Waals surface area (Å²) in [5.74, 6) is -3.52. The molecule has 1 aliphatic rings. The lowest BCUT2D eigenvalue weighted by Crippen LogP contribution is -2.36. The first kappa shape index (κ1) is 16.4. The maximum Gasteiger partial charge on any atom is 0.363 e. The van der Waals surface area contributed by atoms with Crippen molar-refractivity contribution >= 4 is 33.6 Å². The van der Waals surface area contributed by atoms with E-state index in [4.69, 9.17) is 10.1 Å². The number of hydroxylamine groups is 2. The van der Waals surface area contributed by atoms with Crippen LogP contribution in [0.1, 0.15) is 16.8 Å². The van der Waals surface area contributed by atoms with E-state index in [9.17, 15) is 22.8 Å². The van der Waals surface area contributed by atoms with E-state index in [2.05, 4.69) is 14.9 Å². The van der Waals surface area contributed by atoms with Crippen molar-refractivity contribution in [2.75, 3.05) is 0 Å². The van der Waals surface area contributed by atoms with Gasteiger partial charge in [-0.2, -0.15) is 8.42 Å². The third-order valence-electron chi connectivity index (χ3n) is 2.86. The maximum absolute atomic E-state index is 11.8. The normalized spacial score (nSPS) is 17.8. The smallest absolute Gasteiger partial charge is 0.325 e. The van der Waals surface area contributed by atoms with E-state index >= 15 is 0 Å². The van der Waals surface area contributed by atoms with Crippen molar-refractivity contribution in [1.82, 2.24) is 5.06 Å². The van der Waals surface area contributed by atoms with Crippen molar-refractivity contribution in [3.05, 3.63) is 40.3 Å². The topological polar surface area (TPSA) is 167 Å². The summed E-state index contributed by atoms with van der Waals surface area (Å²) in [5.41, 5.74) is 8.41. The number of nitrogens with zero attached hydrogens (tertiary/aromatic N) is 4. The number of azide groups is 1. The minimum absolute atomic E-state index is 0.00210. The number of hydrogen-bond acceptors (Lipinski definition) is 7. The van der Waals surface area contributed by atoms with Gasteiger partial charge in [0, 0.05) is 10.6 Å². The Morgan fingerprint density at radius 2 is 1.96 bits per heavy atom. The molecule has 11 nitrogen and oxygen atoms in total. The molecule has 120 valence electrons. The largest absolute Gasteiger partial charge is 0.363 e. The van der Waals surface area contributed by atoms with Gasteiger partial charge in [-0.15, -0.1) is 5.06 Å². The Morgan fingerprint density at radius 3 is 2.43 bits per heavy atom. The number of carbonyl (C=O) groups is 3. The highest BCUT2D eigenvalue weighted by Crippen LogP contribution is 2.21. The lowest BCUT2D eigenvalue weighted by Gasteiger charge is -2.13. The zero-order chi connectivity index (χ0) is 17.2. The fraction of sp³-hybridized carbons (Fsp3) is 0.182. The van der Waals surface area contributed by atoms with Gasteiger partial charge in [0.2, 0.25) is 0 Å². The standard InChI is InChI=1S/C11H8N4O7S/c12-14-13-7-3-1-6(2-4-7)11(18)22-15-9(16)5-8(10(15)17)23(19,20)21/h1-4,8H,5H2,(H,19,20,21). The molecule has 1 saturated heterocycles. The third-order valence-corrected chi connectivity index (χ3v) is 3.95. The average molecular weight is 340 g/mol. The lowest BCUT2D eigenvalue weighted by atomic mass is 10.2. The molecule has 0 radical (unpaired) electrons. The van der Waals surface area contributed by atoms with Gasteiger partial charge in [-0.1, -0.05) is 17.2 Å². The molecule has 1 heterocycles. The van der Waals surface area contributed by atoms with Crippen LogP contribution in [0.15, 0.2) is 29.4 Å². The summed E-state index contributed by atoms with van der Waals surface area (Å²) in [6, 6.07) is 5.03. The fourth-order valence-electron chi connectivity index (χ4n) is 1.76. The maximum atomic E-state index is 11.8. The molecular weight excluding hydrogens is 332 g/mol. The molecule has 1 unspecified atom stereocenters. The number of amides is 2. The number of hydrogen-bond donors (Lipinski definition) is 1. The molecule has 12 heteroatoms. The van der Waals surface area contributed by atoms with E-state index in [1.807, 2.05) is 0 Å². The molecule has 1 aliphatic heterocycles. The zero-order valence-electron chi connectivity index (χ0n) is 11.2. The van der Waals surface area contributed by atoms with E-state index in [-0.39, 0.29) is 16.3 Å². The molecule has 0 aromatic heterocycles. The molecule has 2 amide bonds. The van der Waals surface area contributed by atoms with Crippen LogP contribution in [-0.2, 0) is 24.5 Å². The van der Waals surface area contributed by atoms with Gasteiger partial charge in [0.05, 0.1) is 12.0 Å². The van der Waals surface area contributed by atoms with Gasteiger partial charge in [0.1, 0.15) is 0 Å². The van der Waals surface area contributed by atoms with E-state index < -0.39 is 39.6 Å². The molecule has 1 aromatic carbocycles. The number of rotatable bonds is 4. The van der Waals surface area contributed by atoms with Crippen molar-refractivity contribution < 1.29 is 32.2 Å². The second kappa shape index (κ2) is 6.04. The SMILES string of the molecule is [N-]=[N+]=Nc1ccc(C(=O)ON2C(=O)CC(S(=O)(=O)O)C2=O)cc1.